The minimum absolute atomic E-state index is 0.359. The number of hydrogen-bond donors (Lipinski definition) is 2. The molecule has 0 amide bonds. The molecule has 4 heteroatoms. The number of aliphatic hydroxyl groups is 1. The van der Waals surface area contributed by atoms with Crippen molar-refractivity contribution in [1.29, 1.82) is 0 Å². The van der Waals surface area contributed by atoms with Gasteiger partial charge < -0.3 is 10.2 Å². The van der Waals surface area contributed by atoms with Gasteiger partial charge in [-0.15, -0.1) is 0 Å². The fourth-order valence-electron chi connectivity index (χ4n) is 1.90. The molecule has 1 radical (unpaired) electrons. The van der Waals surface area contributed by atoms with Crippen LogP contribution in [0.15, 0.2) is 0 Å². The smallest absolute Gasteiger partial charge is 0.332 e. The van der Waals surface area contributed by atoms with Gasteiger partial charge >= 0.3 is 5.97 Å². The average molecular weight is 257 g/mol. The van der Waals surface area contributed by atoms with E-state index >= 15 is 0 Å². The minimum Gasteiger partial charge on any atom is -0.479 e. The van der Waals surface area contributed by atoms with Crippen LogP contribution in [0.5, 0.6) is 0 Å². The maximum Gasteiger partial charge on any atom is 0.332 e. The Morgan fingerprint density at radius 1 is 0.889 bits per heavy atom. The zero-order chi connectivity index (χ0) is 13.6. The van der Waals surface area contributed by atoms with E-state index in [1.54, 1.807) is 0 Å². The third-order valence-corrected chi connectivity index (χ3v) is 3.04. The molecule has 105 valence electrons. The highest BCUT2D eigenvalue weighted by Crippen LogP contribution is 2.11. The van der Waals surface area contributed by atoms with Gasteiger partial charge in [-0.3, -0.25) is 4.79 Å². The summed E-state index contributed by atoms with van der Waals surface area (Å²) in [5.41, 5.74) is 0. The summed E-state index contributed by atoms with van der Waals surface area (Å²) in [6.07, 6.45) is 11.3. The molecule has 4 nitrogen and oxygen atoms in total. The summed E-state index contributed by atoms with van der Waals surface area (Å²) in [7, 11) is 0. The lowest BCUT2D eigenvalue weighted by molar-refractivity contribution is -0.146. The van der Waals surface area contributed by atoms with Crippen molar-refractivity contribution in [3.05, 3.63) is 0 Å². The molecule has 0 bridgehead atoms. The largest absolute Gasteiger partial charge is 0.479 e. The molecule has 0 aliphatic heterocycles. The average Bonchev–Trinajstić information content (AvgIpc) is 2.35. The fraction of sp³-hybridized carbons (Fsp3) is 0.857. The zero-order valence-corrected chi connectivity index (χ0v) is 11.1. The van der Waals surface area contributed by atoms with Gasteiger partial charge in [0.25, 0.3) is 0 Å². The van der Waals surface area contributed by atoms with Crippen LogP contribution in [0.3, 0.4) is 0 Å². The number of carboxylic acid groups (broad SMARTS) is 1. The van der Waals surface area contributed by atoms with Gasteiger partial charge in [0.2, 0.25) is 0 Å². The van der Waals surface area contributed by atoms with Gasteiger partial charge in [0, 0.05) is 6.42 Å². The second-order valence-corrected chi connectivity index (χ2v) is 4.72. The van der Waals surface area contributed by atoms with Crippen LogP contribution in [0.1, 0.15) is 70.6 Å². The topological polar surface area (TPSA) is 74.6 Å². The second-order valence-electron chi connectivity index (χ2n) is 4.72. The van der Waals surface area contributed by atoms with Crippen molar-refractivity contribution >= 4 is 12.3 Å². The van der Waals surface area contributed by atoms with E-state index in [4.69, 9.17) is 10.2 Å². The van der Waals surface area contributed by atoms with Crippen LogP contribution in [0.2, 0.25) is 0 Å². The Morgan fingerprint density at radius 3 is 1.78 bits per heavy atom. The molecule has 0 saturated heterocycles. The second kappa shape index (κ2) is 12.6. The summed E-state index contributed by atoms with van der Waals surface area (Å²) in [5.74, 6) is -1.12. The monoisotopic (exact) mass is 257 g/mol. The van der Waals surface area contributed by atoms with E-state index in [9.17, 15) is 9.59 Å². The molecule has 0 fully saturated rings. The van der Waals surface area contributed by atoms with Gasteiger partial charge in [-0.2, -0.15) is 0 Å². The number of carboxylic acids is 1. The molecule has 0 aromatic rings. The molecule has 0 rings (SSSR count). The molecule has 0 aliphatic carbocycles. The van der Waals surface area contributed by atoms with Crippen molar-refractivity contribution < 1.29 is 19.8 Å². The molecule has 0 aromatic heterocycles. The van der Waals surface area contributed by atoms with E-state index < -0.39 is 12.1 Å². The number of carbonyl (C=O) groups is 1. The lowest BCUT2D eigenvalue weighted by Gasteiger charge is -2.05. The quantitative estimate of drug-likeness (QED) is 0.497. The first-order valence-electron chi connectivity index (χ1n) is 6.94. The van der Waals surface area contributed by atoms with Crippen molar-refractivity contribution in [3.63, 3.8) is 0 Å². The highest BCUT2D eigenvalue weighted by molar-refractivity contribution is 5.71. The summed E-state index contributed by atoms with van der Waals surface area (Å²) in [5, 5.41) is 17.5. The van der Waals surface area contributed by atoms with Gasteiger partial charge in [0.1, 0.15) is 0 Å². The maximum atomic E-state index is 10.3. The van der Waals surface area contributed by atoms with Crippen molar-refractivity contribution in [2.24, 2.45) is 0 Å². The molecule has 18 heavy (non-hydrogen) atoms. The molecular formula is C14H25O4. The van der Waals surface area contributed by atoms with Crippen LogP contribution < -0.4 is 0 Å². The van der Waals surface area contributed by atoms with Gasteiger partial charge in [0.05, 0.1) is 0 Å². The predicted molar refractivity (Wildman–Crippen MR) is 70.1 cm³/mol. The molecule has 1 atom stereocenters. The van der Waals surface area contributed by atoms with Crippen molar-refractivity contribution in [2.45, 2.75) is 76.7 Å². The lowest BCUT2D eigenvalue weighted by atomic mass is 10.0. The minimum atomic E-state index is -1.19. The number of hydrogen-bond acceptors (Lipinski definition) is 3. The Bertz CT molecular complexity index is 216. The standard InChI is InChI=1S/C14H25O4/c15-12-10-8-6-4-2-1-3-5-7-9-11-13(16)14(17)18/h13,16H,1-11H2,(H,17,18). The van der Waals surface area contributed by atoms with E-state index in [-0.39, 0.29) is 0 Å². The van der Waals surface area contributed by atoms with Crippen molar-refractivity contribution in [2.75, 3.05) is 0 Å². The van der Waals surface area contributed by atoms with Crippen molar-refractivity contribution in [3.8, 4) is 0 Å². The third-order valence-electron chi connectivity index (χ3n) is 3.04. The highest BCUT2D eigenvalue weighted by atomic mass is 16.4. The first kappa shape index (κ1) is 17.1. The molecule has 2 N–H and O–H groups in total. The van der Waals surface area contributed by atoms with Gasteiger partial charge in [-0.05, 0) is 12.8 Å². The van der Waals surface area contributed by atoms with E-state index in [1.165, 1.54) is 25.7 Å². The Morgan fingerprint density at radius 2 is 1.33 bits per heavy atom. The number of aliphatic carboxylic acids is 1. The number of aliphatic hydroxyl groups excluding tert-OH is 1. The van der Waals surface area contributed by atoms with E-state index in [1.807, 2.05) is 6.29 Å². The summed E-state index contributed by atoms with van der Waals surface area (Å²) in [6, 6.07) is 0. The summed E-state index contributed by atoms with van der Waals surface area (Å²) >= 11 is 0. The van der Waals surface area contributed by atoms with Crippen LogP contribution in [0.4, 0.5) is 0 Å². The number of unbranched alkanes of at least 4 members (excludes halogenated alkanes) is 9. The molecular weight excluding hydrogens is 232 g/mol. The third kappa shape index (κ3) is 11.6. The number of carbonyl (C=O) groups excluding carboxylic acids is 1. The lowest BCUT2D eigenvalue weighted by Crippen LogP contribution is -2.18. The summed E-state index contributed by atoms with van der Waals surface area (Å²) in [4.78, 5) is 20.3. The Balaban J connectivity index is 3.07. The Hall–Kier alpha value is -0.900. The van der Waals surface area contributed by atoms with Crippen LogP contribution in [0, 0.1) is 0 Å². The molecule has 0 aromatic carbocycles. The molecule has 0 spiro atoms. The van der Waals surface area contributed by atoms with Gasteiger partial charge in [0.15, 0.2) is 12.4 Å². The predicted octanol–water partition coefficient (Wildman–Crippen LogP) is 2.83. The Labute approximate surface area is 109 Å². The molecule has 0 saturated carbocycles. The maximum absolute atomic E-state index is 10.3. The van der Waals surface area contributed by atoms with Crippen LogP contribution in [-0.2, 0) is 9.59 Å². The fourth-order valence-corrected chi connectivity index (χ4v) is 1.90. The SMILES string of the molecule is O=[C]CCCCCCCCCCCC(O)C(=O)O. The first-order valence-corrected chi connectivity index (χ1v) is 6.94. The normalized spacial score (nSPS) is 12.3. The summed E-state index contributed by atoms with van der Waals surface area (Å²) in [6.45, 7) is 0. The van der Waals surface area contributed by atoms with E-state index in [0.717, 1.165) is 32.1 Å². The van der Waals surface area contributed by atoms with Crippen LogP contribution >= 0.6 is 0 Å². The molecule has 0 heterocycles. The van der Waals surface area contributed by atoms with Gasteiger partial charge in [-0.1, -0.05) is 51.4 Å². The van der Waals surface area contributed by atoms with E-state index in [2.05, 4.69) is 0 Å². The summed E-state index contributed by atoms with van der Waals surface area (Å²) < 4.78 is 0. The van der Waals surface area contributed by atoms with Crippen LogP contribution in [-0.4, -0.2) is 28.6 Å². The van der Waals surface area contributed by atoms with Crippen LogP contribution in [0.25, 0.3) is 0 Å². The number of rotatable bonds is 13. The van der Waals surface area contributed by atoms with Crippen molar-refractivity contribution in [1.82, 2.24) is 0 Å². The first-order chi connectivity index (χ1) is 8.68. The van der Waals surface area contributed by atoms with Gasteiger partial charge in [-0.25, -0.2) is 4.79 Å². The van der Waals surface area contributed by atoms with E-state index in [0.29, 0.717) is 12.8 Å². The Kier molecular flexibility index (Phi) is 11.9. The highest BCUT2D eigenvalue weighted by Gasteiger charge is 2.11. The zero-order valence-electron chi connectivity index (χ0n) is 11.1. The molecule has 0 aliphatic rings. The molecule has 1 unspecified atom stereocenters.